The Morgan fingerprint density at radius 1 is 1.69 bits per heavy atom. The fourth-order valence-electron chi connectivity index (χ4n) is 0.668. The normalized spacial score (nSPS) is 12.5. The standard InChI is InChI=1S/C6H6INO3S2/c1-11-6(9)4-2-3-5(12-4)13(10)8-7/h2-3,8H,1H3. The van der Waals surface area contributed by atoms with Crippen LogP contribution in [0.4, 0.5) is 0 Å². The Hall–Kier alpha value is 0.01000. The van der Waals surface area contributed by atoms with Crippen molar-refractivity contribution in [1.29, 1.82) is 0 Å². The third-order valence-corrected chi connectivity index (χ3v) is 4.63. The van der Waals surface area contributed by atoms with E-state index in [1.807, 2.05) is 0 Å². The average Bonchev–Trinajstić information content (AvgIpc) is 2.64. The molecule has 0 spiro atoms. The Bertz CT molecular complexity index is 308. The molecule has 4 nitrogen and oxygen atoms in total. The van der Waals surface area contributed by atoms with Crippen LogP contribution in [0.15, 0.2) is 16.3 Å². The number of methoxy groups -OCH3 is 1. The Kier molecular flexibility index (Phi) is 4.29. The predicted molar refractivity (Wildman–Crippen MR) is 59.2 cm³/mol. The highest BCUT2D eigenvalue weighted by molar-refractivity contribution is 14.1. The largest absolute Gasteiger partial charge is 0.465 e. The minimum atomic E-state index is -1.24. The van der Waals surface area contributed by atoms with Gasteiger partial charge in [0.2, 0.25) is 0 Å². The molecule has 1 aromatic rings. The highest BCUT2D eigenvalue weighted by Gasteiger charge is 2.11. The molecule has 0 saturated heterocycles. The number of hydrogen-bond acceptors (Lipinski definition) is 4. The van der Waals surface area contributed by atoms with Crippen LogP contribution in [0.2, 0.25) is 0 Å². The van der Waals surface area contributed by atoms with Gasteiger partial charge in [-0.15, -0.1) is 11.3 Å². The summed E-state index contributed by atoms with van der Waals surface area (Å²) in [6.07, 6.45) is 0. The molecule has 0 fully saturated rings. The summed E-state index contributed by atoms with van der Waals surface area (Å²) in [4.78, 5) is 11.5. The van der Waals surface area contributed by atoms with Crippen molar-refractivity contribution in [2.24, 2.45) is 0 Å². The predicted octanol–water partition coefficient (Wildman–Crippen LogP) is 1.50. The maximum Gasteiger partial charge on any atom is 0.348 e. The summed E-state index contributed by atoms with van der Waals surface area (Å²) in [7, 11) is 0.0741. The van der Waals surface area contributed by atoms with Gasteiger partial charge in [-0.05, 0) is 12.1 Å². The number of halogens is 1. The topological polar surface area (TPSA) is 55.4 Å². The van der Waals surface area contributed by atoms with Crippen LogP contribution in [-0.4, -0.2) is 17.3 Å². The van der Waals surface area contributed by atoms with Gasteiger partial charge in [0.15, 0.2) is 0 Å². The second kappa shape index (κ2) is 5.03. The number of carbonyl (C=O) groups is 1. The van der Waals surface area contributed by atoms with E-state index in [2.05, 4.69) is 7.67 Å². The van der Waals surface area contributed by atoms with E-state index in [0.717, 1.165) is 11.3 Å². The molecule has 0 aliphatic heterocycles. The van der Waals surface area contributed by atoms with E-state index in [1.54, 1.807) is 35.0 Å². The van der Waals surface area contributed by atoms with E-state index in [4.69, 9.17) is 0 Å². The van der Waals surface area contributed by atoms with Gasteiger partial charge in [0, 0.05) is 22.9 Å². The minimum Gasteiger partial charge on any atom is -0.465 e. The smallest absolute Gasteiger partial charge is 0.348 e. The van der Waals surface area contributed by atoms with Gasteiger partial charge in [0.25, 0.3) is 0 Å². The first-order chi connectivity index (χ1) is 6.19. The molecule has 1 atom stereocenters. The van der Waals surface area contributed by atoms with Crippen molar-refractivity contribution in [3.63, 3.8) is 0 Å². The number of carbonyl (C=O) groups excluding carboxylic acids is 1. The first-order valence-electron chi connectivity index (χ1n) is 3.15. The van der Waals surface area contributed by atoms with Crippen LogP contribution in [0.1, 0.15) is 9.67 Å². The molecule has 72 valence electrons. The summed E-state index contributed by atoms with van der Waals surface area (Å²) in [6, 6.07) is 3.23. The summed E-state index contributed by atoms with van der Waals surface area (Å²) in [5.41, 5.74) is 0. The van der Waals surface area contributed by atoms with Gasteiger partial charge in [0.1, 0.15) is 20.1 Å². The van der Waals surface area contributed by atoms with Crippen molar-refractivity contribution in [2.45, 2.75) is 4.21 Å². The van der Waals surface area contributed by atoms with Crippen LogP contribution in [-0.2, 0) is 15.7 Å². The molecule has 0 aliphatic rings. The van der Waals surface area contributed by atoms with Crippen molar-refractivity contribution >= 4 is 51.2 Å². The van der Waals surface area contributed by atoms with Gasteiger partial charge >= 0.3 is 5.97 Å². The molecule has 1 aromatic heterocycles. The number of nitrogens with one attached hydrogen (secondary N) is 1. The van der Waals surface area contributed by atoms with Gasteiger partial charge in [0.05, 0.1) is 7.11 Å². The number of hydrogen-bond donors (Lipinski definition) is 1. The van der Waals surface area contributed by atoms with Crippen LogP contribution in [0, 0.1) is 0 Å². The second-order valence-corrected chi connectivity index (χ2v) is 5.75. The molecular formula is C6H6INO3S2. The number of esters is 1. The second-order valence-electron chi connectivity index (χ2n) is 1.96. The first-order valence-corrected chi connectivity index (χ1v) is 6.19. The lowest BCUT2D eigenvalue weighted by atomic mass is 10.5. The summed E-state index contributed by atoms with van der Waals surface area (Å²) in [5.74, 6) is -0.401. The summed E-state index contributed by atoms with van der Waals surface area (Å²) in [5, 5.41) is 0. The molecule has 1 rings (SSSR count). The van der Waals surface area contributed by atoms with Gasteiger partial charge < -0.3 is 4.74 Å². The van der Waals surface area contributed by atoms with Gasteiger partial charge in [-0.1, -0.05) is 0 Å². The molecule has 0 amide bonds. The Morgan fingerprint density at radius 2 is 2.38 bits per heavy atom. The quantitative estimate of drug-likeness (QED) is 0.519. The van der Waals surface area contributed by atoms with Crippen molar-refractivity contribution in [1.82, 2.24) is 2.94 Å². The van der Waals surface area contributed by atoms with Crippen molar-refractivity contribution < 1.29 is 13.7 Å². The maximum absolute atomic E-state index is 11.2. The number of rotatable bonds is 3. The summed E-state index contributed by atoms with van der Waals surface area (Å²) >= 11 is 2.95. The third-order valence-electron chi connectivity index (χ3n) is 1.22. The lowest BCUT2D eigenvalue weighted by molar-refractivity contribution is 0.0606. The highest BCUT2D eigenvalue weighted by atomic mass is 127. The highest BCUT2D eigenvalue weighted by Crippen LogP contribution is 2.20. The molecule has 1 heterocycles. The summed E-state index contributed by atoms with van der Waals surface area (Å²) in [6.45, 7) is 0. The zero-order valence-corrected chi connectivity index (χ0v) is 10.4. The molecule has 0 aliphatic carbocycles. The van der Waals surface area contributed by atoms with E-state index in [9.17, 15) is 9.00 Å². The lowest BCUT2D eigenvalue weighted by Crippen LogP contribution is -2.01. The third kappa shape index (κ3) is 2.73. The van der Waals surface area contributed by atoms with E-state index in [0.29, 0.717) is 9.09 Å². The molecule has 13 heavy (non-hydrogen) atoms. The molecule has 0 bridgehead atoms. The van der Waals surface area contributed by atoms with Gasteiger partial charge in [-0.3, -0.25) is 0 Å². The molecule has 0 radical (unpaired) electrons. The first kappa shape index (κ1) is 11.1. The summed E-state index contributed by atoms with van der Waals surface area (Å²) < 4.78 is 18.9. The maximum atomic E-state index is 11.2. The van der Waals surface area contributed by atoms with E-state index < -0.39 is 17.0 Å². The fourth-order valence-corrected chi connectivity index (χ4v) is 3.45. The zero-order chi connectivity index (χ0) is 9.84. The van der Waals surface area contributed by atoms with Crippen LogP contribution < -0.4 is 2.94 Å². The van der Waals surface area contributed by atoms with Gasteiger partial charge in [-0.2, -0.15) is 2.94 Å². The Labute approximate surface area is 95.8 Å². The molecule has 1 N–H and O–H groups in total. The SMILES string of the molecule is COC(=O)c1ccc(S(=O)NI)s1. The van der Waals surface area contributed by atoms with Crippen LogP contribution in [0.3, 0.4) is 0 Å². The van der Waals surface area contributed by atoms with Crippen molar-refractivity contribution in [2.75, 3.05) is 7.11 Å². The number of ether oxygens (including phenoxy) is 1. The minimum absolute atomic E-state index is 0.401. The molecule has 0 aromatic carbocycles. The number of thiophene rings is 1. The Morgan fingerprint density at radius 3 is 2.92 bits per heavy atom. The Balaban J connectivity index is 2.86. The van der Waals surface area contributed by atoms with Crippen LogP contribution >= 0.6 is 34.2 Å². The van der Waals surface area contributed by atoms with E-state index in [1.165, 1.54) is 7.11 Å². The molecule has 1 unspecified atom stereocenters. The van der Waals surface area contributed by atoms with E-state index >= 15 is 0 Å². The fraction of sp³-hybridized carbons (Fsp3) is 0.167. The molecule has 7 heteroatoms. The van der Waals surface area contributed by atoms with Crippen LogP contribution in [0.25, 0.3) is 0 Å². The van der Waals surface area contributed by atoms with Crippen molar-refractivity contribution in [3.8, 4) is 0 Å². The van der Waals surface area contributed by atoms with Crippen molar-refractivity contribution in [3.05, 3.63) is 17.0 Å². The van der Waals surface area contributed by atoms with Crippen LogP contribution in [0.5, 0.6) is 0 Å². The zero-order valence-electron chi connectivity index (χ0n) is 6.57. The molecule has 0 saturated carbocycles. The van der Waals surface area contributed by atoms with Gasteiger partial charge in [-0.25, -0.2) is 9.00 Å². The lowest BCUT2D eigenvalue weighted by Gasteiger charge is -1.92. The van der Waals surface area contributed by atoms with E-state index in [-0.39, 0.29) is 0 Å². The molecular weight excluding hydrogens is 325 g/mol. The monoisotopic (exact) mass is 331 g/mol. The average molecular weight is 331 g/mol.